The second-order valence-electron chi connectivity index (χ2n) is 3.32. The van der Waals surface area contributed by atoms with Gasteiger partial charge in [0.1, 0.15) is 0 Å². The zero-order chi connectivity index (χ0) is 10.4. The van der Waals surface area contributed by atoms with Crippen molar-refractivity contribution in [1.29, 1.82) is 0 Å². The molecule has 0 amide bonds. The molecule has 2 heteroatoms. The molecule has 1 rings (SSSR count). The Balaban J connectivity index is 2.81. The van der Waals surface area contributed by atoms with Gasteiger partial charge in [0.2, 0.25) is 0 Å². The molecule has 0 aliphatic rings. The molecule has 0 radical (unpaired) electrons. The minimum absolute atomic E-state index is 1.22. The molecule has 0 fully saturated rings. The van der Waals surface area contributed by atoms with Crippen molar-refractivity contribution in [1.82, 2.24) is 0 Å². The van der Waals surface area contributed by atoms with Gasteiger partial charge in [0.25, 0.3) is 0 Å². The van der Waals surface area contributed by atoms with Crippen LogP contribution in [0.3, 0.4) is 0 Å². The van der Waals surface area contributed by atoms with Gasteiger partial charge in [-0.3, -0.25) is 0 Å². The molecule has 0 N–H and O–H groups in total. The molecule has 0 aliphatic heterocycles. The Labute approximate surface area is 95.9 Å². The molecular weight excluding hydrogens is 208 g/mol. The van der Waals surface area contributed by atoms with Gasteiger partial charge in [-0.05, 0) is 49.1 Å². The maximum Gasteiger partial charge on any atom is 0.00830 e. The first-order valence-electron chi connectivity index (χ1n) is 5.02. The van der Waals surface area contributed by atoms with Crippen LogP contribution in [0, 0.1) is 0 Å². The summed E-state index contributed by atoms with van der Waals surface area (Å²) in [7, 11) is 0. The van der Waals surface area contributed by atoms with E-state index in [-0.39, 0.29) is 0 Å². The van der Waals surface area contributed by atoms with Crippen molar-refractivity contribution >= 4 is 23.5 Å². The maximum atomic E-state index is 2.32. The van der Waals surface area contributed by atoms with Crippen LogP contribution in [0.15, 0.2) is 28.0 Å². The average molecular weight is 226 g/mol. The zero-order valence-corrected chi connectivity index (χ0v) is 10.8. The summed E-state index contributed by atoms with van der Waals surface area (Å²) >= 11 is 3.67. The molecule has 0 unspecified atom stereocenters. The van der Waals surface area contributed by atoms with Gasteiger partial charge in [-0.1, -0.05) is 13.3 Å². The van der Waals surface area contributed by atoms with Gasteiger partial charge < -0.3 is 0 Å². The molecule has 14 heavy (non-hydrogen) atoms. The van der Waals surface area contributed by atoms with Gasteiger partial charge in [-0.2, -0.15) is 0 Å². The highest BCUT2D eigenvalue weighted by molar-refractivity contribution is 7.99. The quantitative estimate of drug-likeness (QED) is 0.679. The third kappa shape index (κ3) is 3.58. The lowest BCUT2D eigenvalue weighted by atomic mass is 10.1. The molecule has 0 nitrogen and oxygen atoms in total. The largest absolute Gasteiger partial charge is 0.130 e. The molecular formula is C12H18S2. The van der Waals surface area contributed by atoms with Crippen LogP contribution in [0.5, 0.6) is 0 Å². The normalized spacial score (nSPS) is 10.5. The number of thioether (sulfide) groups is 2. The van der Waals surface area contributed by atoms with Crippen molar-refractivity contribution in [2.45, 2.75) is 36.0 Å². The Morgan fingerprint density at radius 1 is 1.00 bits per heavy atom. The molecule has 0 bridgehead atoms. The van der Waals surface area contributed by atoms with Crippen molar-refractivity contribution in [3.63, 3.8) is 0 Å². The fourth-order valence-electron chi connectivity index (χ4n) is 1.39. The van der Waals surface area contributed by atoms with Crippen molar-refractivity contribution in [3.8, 4) is 0 Å². The topological polar surface area (TPSA) is 0 Å². The number of rotatable bonds is 5. The molecule has 0 heterocycles. The van der Waals surface area contributed by atoms with Gasteiger partial charge in [-0.25, -0.2) is 0 Å². The van der Waals surface area contributed by atoms with Crippen LogP contribution < -0.4 is 0 Å². The van der Waals surface area contributed by atoms with Crippen LogP contribution >= 0.6 is 23.5 Å². The fraction of sp³-hybridized carbons (Fsp3) is 0.500. The maximum absolute atomic E-state index is 2.32. The van der Waals surface area contributed by atoms with E-state index < -0.39 is 0 Å². The summed E-state index contributed by atoms with van der Waals surface area (Å²) in [5.41, 5.74) is 1.49. The highest BCUT2D eigenvalue weighted by Crippen LogP contribution is 2.25. The molecule has 0 saturated carbocycles. The van der Waals surface area contributed by atoms with Gasteiger partial charge in [0.05, 0.1) is 0 Å². The Hall–Kier alpha value is -0.0800. The van der Waals surface area contributed by atoms with Crippen LogP contribution in [0.25, 0.3) is 0 Å². The summed E-state index contributed by atoms with van der Waals surface area (Å²) in [6, 6.07) is 6.91. The Morgan fingerprint density at radius 3 is 2.00 bits per heavy atom. The molecule has 0 atom stereocenters. The Bertz CT molecular complexity index is 259. The second kappa shape index (κ2) is 6.41. The van der Waals surface area contributed by atoms with E-state index in [1.54, 1.807) is 0 Å². The molecule has 0 spiro atoms. The first kappa shape index (κ1) is 12.0. The third-order valence-electron chi connectivity index (χ3n) is 2.23. The van der Waals surface area contributed by atoms with Gasteiger partial charge >= 0.3 is 0 Å². The average Bonchev–Trinajstić information content (AvgIpc) is 2.25. The van der Waals surface area contributed by atoms with Crippen LogP contribution in [0.2, 0.25) is 0 Å². The highest BCUT2D eigenvalue weighted by Gasteiger charge is 1.99. The lowest BCUT2D eigenvalue weighted by molar-refractivity contribution is 0.791. The minimum Gasteiger partial charge on any atom is -0.130 e. The summed E-state index contributed by atoms with van der Waals surface area (Å²) in [6.07, 6.45) is 8.08. The van der Waals surface area contributed by atoms with Crippen LogP contribution in [-0.2, 0) is 6.42 Å². The summed E-state index contributed by atoms with van der Waals surface area (Å²) < 4.78 is 0. The highest BCUT2D eigenvalue weighted by atomic mass is 32.2. The van der Waals surface area contributed by atoms with E-state index in [2.05, 4.69) is 37.6 Å². The Morgan fingerprint density at radius 2 is 1.57 bits per heavy atom. The predicted octanol–water partition coefficient (Wildman–Crippen LogP) is 4.47. The molecule has 1 aromatic carbocycles. The number of hydrogen-bond donors (Lipinski definition) is 0. The smallest absolute Gasteiger partial charge is 0.00830 e. The van der Waals surface area contributed by atoms with Gasteiger partial charge in [0.15, 0.2) is 0 Å². The van der Waals surface area contributed by atoms with E-state index in [0.29, 0.717) is 0 Å². The van der Waals surface area contributed by atoms with E-state index in [9.17, 15) is 0 Å². The lowest BCUT2D eigenvalue weighted by Crippen LogP contribution is -1.86. The van der Waals surface area contributed by atoms with E-state index in [0.717, 1.165) is 0 Å². The van der Waals surface area contributed by atoms with Crippen LogP contribution in [0.1, 0.15) is 25.3 Å². The molecule has 0 aromatic heterocycles. The number of hydrogen-bond acceptors (Lipinski definition) is 2. The van der Waals surface area contributed by atoms with E-state index >= 15 is 0 Å². The fourth-order valence-corrected chi connectivity index (χ4v) is 2.49. The van der Waals surface area contributed by atoms with Crippen LogP contribution in [0.4, 0.5) is 0 Å². The monoisotopic (exact) mass is 226 g/mol. The lowest BCUT2D eigenvalue weighted by Gasteiger charge is -2.06. The van der Waals surface area contributed by atoms with Crippen molar-refractivity contribution < 1.29 is 0 Å². The van der Waals surface area contributed by atoms with Gasteiger partial charge in [0, 0.05) is 9.79 Å². The molecule has 0 aliphatic carbocycles. The van der Waals surface area contributed by atoms with E-state index in [4.69, 9.17) is 0 Å². The van der Waals surface area contributed by atoms with Gasteiger partial charge in [-0.15, -0.1) is 23.5 Å². The first-order chi connectivity index (χ1) is 6.80. The number of unbranched alkanes of at least 4 members (excludes halogenated alkanes) is 1. The van der Waals surface area contributed by atoms with Crippen LogP contribution in [-0.4, -0.2) is 12.5 Å². The summed E-state index contributed by atoms with van der Waals surface area (Å²) in [5.74, 6) is 0. The van der Waals surface area contributed by atoms with E-state index in [1.807, 2.05) is 23.5 Å². The number of aryl methyl sites for hydroxylation is 1. The first-order valence-corrected chi connectivity index (χ1v) is 7.47. The molecule has 1 aromatic rings. The van der Waals surface area contributed by atoms with Crippen molar-refractivity contribution in [3.05, 3.63) is 23.8 Å². The number of benzene rings is 1. The van der Waals surface area contributed by atoms with Crippen molar-refractivity contribution in [2.24, 2.45) is 0 Å². The third-order valence-corrected chi connectivity index (χ3v) is 3.64. The SMILES string of the molecule is CCCCc1cc(SC)cc(SC)c1. The summed E-state index contributed by atoms with van der Waals surface area (Å²) in [4.78, 5) is 2.78. The predicted molar refractivity (Wildman–Crippen MR) is 68.6 cm³/mol. The summed E-state index contributed by atoms with van der Waals surface area (Å²) in [6.45, 7) is 2.24. The molecule has 78 valence electrons. The summed E-state index contributed by atoms with van der Waals surface area (Å²) in [5, 5.41) is 0. The van der Waals surface area contributed by atoms with Crippen molar-refractivity contribution in [2.75, 3.05) is 12.5 Å². The molecule has 0 saturated heterocycles. The second-order valence-corrected chi connectivity index (χ2v) is 5.08. The zero-order valence-electron chi connectivity index (χ0n) is 9.17. The standard InChI is InChI=1S/C12H18S2/c1-4-5-6-10-7-11(13-2)9-12(8-10)14-3/h7-9H,4-6H2,1-3H3. The Kier molecular flexibility index (Phi) is 5.49. The van der Waals surface area contributed by atoms with E-state index in [1.165, 1.54) is 34.6 Å². The minimum atomic E-state index is 1.22.